The van der Waals surface area contributed by atoms with E-state index in [0.717, 1.165) is 5.56 Å². The molecule has 0 spiro atoms. The van der Waals surface area contributed by atoms with Crippen LogP contribution in [0.2, 0.25) is 0 Å². The van der Waals surface area contributed by atoms with Crippen molar-refractivity contribution in [3.05, 3.63) is 30.1 Å². The van der Waals surface area contributed by atoms with Gasteiger partial charge in [-0.15, -0.1) is 0 Å². The van der Waals surface area contributed by atoms with Gasteiger partial charge in [-0.25, -0.2) is 0 Å². The van der Waals surface area contributed by atoms with Crippen molar-refractivity contribution in [2.75, 3.05) is 0 Å². The maximum atomic E-state index is 11.6. The number of rotatable bonds is 3. The molecule has 0 bridgehead atoms. The molecule has 0 aromatic carbocycles. The summed E-state index contributed by atoms with van der Waals surface area (Å²) in [7, 11) is 0. The van der Waals surface area contributed by atoms with Crippen molar-refractivity contribution in [1.29, 1.82) is 0 Å². The number of ether oxygens (including phenoxy) is 1. The average molecular weight is 222 g/mol. The first-order valence-corrected chi connectivity index (χ1v) is 5.26. The van der Waals surface area contributed by atoms with Crippen molar-refractivity contribution in [1.82, 2.24) is 4.98 Å². The van der Waals surface area contributed by atoms with Crippen LogP contribution < -0.4 is 5.73 Å². The second-order valence-electron chi connectivity index (χ2n) is 4.71. The summed E-state index contributed by atoms with van der Waals surface area (Å²) in [6.45, 7) is 5.46. The number of carbonyl (C=O) groups excluding carboxylic acids is 1. The van der Waals surface area contributed by atoms with E-state index in [-0.39, 0.29) is 5.97 Å². The van der Waals surface area contributed by atoms with Crippen LogP contribution in [0.3, 0.4) is 0 Å². The molecule has 0 radical (unpaired) electrons. The summed E-state index contributed by atoms with van der Waals surface area (Å²) in [6, 6.07) is 3.07. The van der Waals surface area contributed by atoms with Crippen LogP contribution in [0.25, 0.3) is 0 Å². The molecule has 0 unspecified atom stereocenters. The van der Waals surface area contributed by atoms with Gasteiger partial charge in [0.2, 0.25) is 0 Å². The highest BCUT2D eigenvalue weighted by Gasteiger charge is 2.22. The second-order valence-corrected chi connectivity index (χ2v) is 4.71. The third kappa shape index (κ3) is 4.40. The van der Waals surface area contributed by atoms with E-state index in [1.165, 1.54) is 0 Å². The molecule has 1 aromatic heterocycles. The Kier molecular flexibility index (Phi) is 4.01. The van der Waals surface area contributed by atoms with Gasteiger partial charge in [0.15, 0.2) is 0 Å². The fraction of sp³-hybridized carbons (Fsp3) is 0.500. The van der Waals surface area contributed by atoms with Crippen molar-refractivity contribution in [3.8, 4) is 0 Å². The third-order valence-electron chi connectivity index (χ3n) is 1.89. The Morgan fingerprint density at radius 1 is 1.56 bits per heavy atom. The van der Waals surface area contributed by atoms with E-state index in [4.69, 9.17) is 10.5 Å². The minimum Gasteiger partial charge on any atom is -0.459 e. The van der Waals surface area contributed by atoms with Crippen molar-refractivity contribution in [2.45, 2.75) is 38.8 Å². The first-order valence-electron chi connectivity index (χ1n) is 5.26. The molecule has 1 atom stereocenters. The van der Waals surface area contributed by atoms with Crippen LogP contribution >= 0.6 is 0 Å². The lowest BCUT2D eigenvalue weighted by molar-refractivity contribution is -0.156. The molecule has 0 aliphatic heterocycles. The molecule has 4 nitrogen and oxygen atoms in total. The van der Waals surface area contributed by atoms with Crippen molar-refractivity contribution in [3.63, 3.8) is 0 Å². The lowest BCUT2D eigenvalue weighted by Gasteiger charge is -2.22. The topological polar surface area (TPSA) is 65.2 Å². The Bertz CT molecular complexity index is 344. The summed E-state index contributed by atoms with van der Waals surface area (Å²) in [4.78, 5) is 15.6. The number of esters is 1. The molecule has 1 heterocycles. The van der Waals surface area contributed by atoms with E-state index in [9.17, 15) is 4.79 Å². The van der Waals surface area contributed by atoms with Crippen LogP contribution in [0.5, 0.6) is 0 Å². The maximum Gasteiger partial charge on any atom is 0.323 e. The number of aromatic nitrogens is 1. The van der Waals surface area contributed by atoms with E-state index in [1.807, 2.05) is 32.9 Å². The minimum absolute atomic E-state index is 0.378. The molecular weight excluding hydrogens is 204 g/mol. The summed E-state index contributed by atoms with van der Waals surface area (Å²) < 4.78 is 5.19. The number of carbonyl (C=O) groups is 1. The van der Waals surface area contributed by atoms with Crippen molar-refractivity contribution >= 4 is 5.97 Å². The number of nitrogens with zero attached hydrogens (tertiary/aromatic N) is 1. The van der Waals surface area contributed by atoms with Gasteiger partial charge in [0.05, 0.1) is 0 Å². The van der Waals surface area contributed by atoms with Gasteiger partial charge in [-0.2, -0.15) is 0 Å². The molecule has 16 heavy (non-hydrogen) atoms. The molecular formula is C12H18N2O2. The zero-order valence-corrected chi connectivity index (χ0v) is 9.93. The zero-order chi connectivity index (χ0) is 12.2. The second kappa shape index (κ2) is 5.07. The van der Waals surface area contributed by atoms with E-state index >= 15 is 0 Å². The lowest BCUT2D eigenvalue weighted by atomic mass is 10.1. The van der Waals surface area contributed by atoms with E-state index in [1.54, 1.807) is 12.4 Å². The predicted molar refractivity (Wildman–Crippen MR) is 61.8 cm³/mol. The Hall–Kier alpha value is -1.42. The van der Waals surface area contributed by atoms with Crippen LogP contribution in [-0.4, -0.2) is 22.6 Å². The first kappa shape index (κ1) is 12.6. The van der Waals surface area contributed by atoms with E-state index in [2.05, 4.69) is 4.98 Å². The summed E-state index contributed by atoms with van der Waals surface area (Å²) >= 11 is 0. The van der Waals surface area contributed by atoms with Crippen LogP contribution in [-0.2, 0) is 16.0 Å². The molecule has 2 N–H and O–H groups in total. The Morgan fingerprint density at radius 2 is 2.25 bits per heavy atom. The van der Waals surface area contributed by atoms with E-state index < -0.39 is 11.6 Å². The van der Waals surface area contributed by atoms with Gasteiger partial charge >= 0.3 is 5.97 Å². The smallest absolute Gasteiger partial charge is 0.323 e. The minimum atomic E-state index is -0.636. The number of hydrogen-bond acceptors (Lipinski definition) is 4. The van der Waals surface area contributed by atoms with Crippen molar-refractivity contribution < 1.29 is 9.53 Å². The van der Waals surface area contributed by atoms with Gasteiger partial charge in [0.25, 0.3) is 0 Å². The third-order valence-corrected chi connectivity index (χ3v) is 1.89. The molecule has 1 aromatic rings. The molecule has 0 amide bonds. The van der Waals surface area contributed by atoms with Crippen LogP contribution in [0.4, 0.5) is 0 Å². The van der Waals surface area contributed by atoms with Gasteiger partial charge in [0, 0.05) is 12.4 Å². The Morgan fingerprint density at radius 3 is 2.75 bits per heavy atom. The van der Waals surface area contributed by atoms with Crippen LogP contribution in [0.1, 0.15) is 26.3 Å². The number of nitrogens with two attached hydrogens (primary N) is 1. The fourth-order valence-corrected chi connectivity index (χ4v) is 1.23. The van der Waals surface area contributed by atoms with Gasteiger partial charge < -0.3 is 10.5 Å². The summed E-state index contributed by atoms with van der Waals surface area (Å²) in [5.74, 6) is -0.378. The number of hydrogen-bond donors (Lipinski definition) is 1. The molecule has 0 fully saturated rings. The maximum absolute atomic E-state index is 11.6. The van der Waals surface area contributed by atoms with Crippen LogP contribution in [0.15, 0.2) is 24.5 Å². The SMILES string of the molecule is CC(C)(C)OC(=O)[C@@H](N)Cc1cccnc1. The Balaban J connectivity index is 2.53. The van der Waals surface area contributed by atoms with Gasteiger partial charge in [-0.3, -0.25) is 9.78 Å². The molecule has 0 aliphatic carbocycles. The molecule has 0 aliphatic rings. The predicted octanol–water partition coefficient (Wildman–Crippen LogP) is 1.29. The summed E-state index contributed by atoms with van der Waals surface area (Å²) in [5, 5.41) is 0. The molecule has 88 valence electrons. The van der Waals surface area contributed by atoms with Gasteiger partial charge in [-0.1, -0.05) is 6.07 Å². The number of pyridine rings is 1. The normalized spacial score (nSPS) is 13.2. The van der Waals surface area contributed by atoms with Crippen molar-refractivity contribution in [2.24, 2.45) is 5.73 Å². The molecule has 1 rings (SSSR count). The zero-order valence-electron chi connectivity index (χ0n) is 9.93. The molecule has 4 heteroatoms. The monoisotopic (exact) mass is 222 g/mol. The molecule has 0 saturated carbocycles. The lowest BCUT2D eigenvalue weighted by Crippen LogP contribution is -2.38. The standard InChI is InChI=1S/C12H18N2O2/c1-12(2,3)16-11(15)10(13)7-9-5-4-6-14-8-9/h4-6,8,10H,7,13H2,1-3H3/t10-/m0/s1. The summed E-state index contributed by atoms with van der Waals surface area (Å²) in [5.41, 5.74) is 6.19. The van der Waals surface area contributed by atoms with Gasteiger partial charge in [-0.05, 0) is 38.8 Å². The fourth-order valence-electron chi connectivity index (χ4n) is 1.23. The highest BCUT2D eigenvalue weighted by molar-refractivity contribution is 5.76. The van der Waals surface area contributed by atoms with Crippen LogP contribution in [0, 0.1) is 0 Å². The van der Waals surface area contributed by atoms with Gasteiger partial charge in [0.1, 0.15) is 11.6 Å². The Labute approximate surface area is 95.8 Å². The molecule has 0 saturated heterocycles. The highest BCUT2D eigenvalue weighted by Crippen LogP contribution is 2.09. The first-order chi connectivity index (χ1) is 7.38. The quantitative estimate of drug-likeness (QED) is 0.783. The van der Waals surface area contributed by atoms with E-state index in [0.29, 0.717) is 6.42 Å². The average Bonchev–Trinajstić information content (AvgIpc) is 2.16. The highest BCUT2D eigenvalue weighted by atomic mass is 16.6. The largest absolute Gasteiger partial charge is 0.459 e. The summed E-state index contributed by atoms with van der Waals surface area (Å²) in [6.07, 6.45) is 3.83.